The topological polar surface area (TPSA) is 54.1 Å². The van der Waals surface area contributed by atoms with E-state index in [2.05, 4.69) is 41.5 Å². The van der Waals surface area contributed by atoms with E-state index >= 15 is 0 Å². The molecule has 0 aliphatic rings. The zero-order chi connectivity index (χ0) is 19.3. The van der Waals surface area contributed by atoms with E-state index in [4.69, 9.17) is 4.74 Å². The normalized spacial score (nSPS) is 11.0. The number of aryl methyl sites for hydroxylation is 1. The molecule has 142 valence electrons. The van der Waals surface area contributed by atoms with Gasteiger partial charge in [-0.25, -0.2) is 0 Å². The van der Waals surface area contributed by atoms with Crippen LogP contribution >= 0.6 is 0 Å². The van der Waals surface area contributed by atoms with Crippen molar-refractivity contribution in [3.63, 3.8) is 0 Å². The Labute approximate surface area is 164 Å². The number of aromatic nitrogens is 1. The molecule has 2 N–H and O–H groups in total. The maximum Gasteiger partial charge on any atom is 0.224 e. The molecule has 28 heavy (non-hydrogen) atoms. The van der Waals surface area contributed by atoms with Gasteiger partial charge in [-0.1, -0.05) is 49.4 Å². The standard InChI is InChI=1S/C24H24N2O2/c1-2-17-8-6-11-21-20-14-13-18(16-22(20)26-24(17)21)25-23(27)12-7-15-28-19-9-4-3-5-10-19/h3-6,8-11,13-14,16,26H,2,7,12,15H2,1H3,(H,25,27). The second-order valence-electron chi connectivity index (χ2n) is 6.89. The first-order valence-electron chi connectivity index (χ1n) is 9.75. The number of anilines is 1. The van der Waals surface area contributed by atoms with Gasteiger partial charge in [0, 0.05) is 33.9 Å². The van der Waals surface area contributed by atoms with E-state index in [-0.39, 0.29) is 5.91 Å². The summed E-state index contributed by atoms with van der Waals surface area (Å²) in [6.07, 6.45) is 2.09. The van der Waals surface area contributed by atoms with Crippen molar-refractivity contribution >= 4 is 33.4 Å². The van der Waals surface area contributed by atoms with Crippen LogP contribution in [0.5, 0.6) is 5.75 Å². The first-order chi connectivity index (χ1) is 13.7. The van der Waals surface area contributed by atoms with Crippen LogP contribution in [-0.4, -0.2) is 17.5 Å². The van der Waals surface area contributed by atoms with Gasteiger partial charge in [0.15, 0.2) is 0 Å². The van der Waals surface area contributed by atoms with Crippen LogP contribution in [0.15, 0.2) is 66.7 Å². The van der Waals surface area contributed by atoms with Crippen LogP contribution in [0.2, 0.25) is 0 Å². The molecule has 1 aromatic heterocycles. The van der Waals surface area contributed by atoms with Crippen molar-refractivity contribution < 1.29 is 9.53 Å². The summed E-state index contributed by atoms with van der Waals surface area (Å²) < 4.78 is 5.63. The lowest BCUT2D eigenvalue weighted by atomic mass is 10.1. The van der Waals surface area contributed by atoms with Gasteiger partial charge in [-0.15, -0.1) is 0 Å². The van der Waals surface area contributed by atoms with Crippen LogP contribution in [0.4, 0.5) is 5.69 Å². The summed E-state index contributed by atoms with van der Waals surface area (Å²) in [4.78, 5) is 15.8. The van der Waals surface area contributed by atoms with Crippen LogP contribution < -0.4 is 10.1 Å². The molecule has 0 saturated heterocycles. The molecule has 3 aromatic carbocycles. The first-order valence-corrected chi connectivity index (χ1v) is 9.75. The number of hydrogen-bond donors (Lipinski definition) is 2. The van der Waals surface area contributed by atoms with E-state index in [1.165, 1.54) is 21.9 Å². The molecule has 4 aromatic rings. The monoisotopic (exact) mass is 372 g/mol. The Morgan fingerprint density at radius 3 is 2.68 bits per heavy atom. The van der Waals surface area contributed by atoms with Crippen molar-refractivity contribution in [2.24, 2.45) is 0 Å². The molecule has 4 nitrogen and oxygen atoms in total. The molecule has 0 spiro atoms. The van der Waals surface area contributed by atoms with Gasteiger partial charge < -0.3 is 15.0 Å². The molecule has 1 heterocycles. The fourth-order valence-corrected chi connectivity index (χ4v) is 3.52. The number of amides is 1. The quantitative estimate of drug-likeness (QED) is 0.410. The summed E-state index contributed by atoms with van der Waals surface area (Å²) in [6, 6.07) is 22.1. The number of carbonyl (C=O) groups excluding carboxylic acids is 1. The molecule has 0 aliphatic carbocycles. The van der Waals surface area contributed by atoms with Gasteiger partial charge in [0.05, 0.1) is 6.61 Å². The fraction of sp³-hybridized carbons (Fsp3) is 0.208. The maximum atomic E-state index is 12.3. The van der Waals surface area contributed by atoms with Crippen molar-refractivity contribution in [2.75, 3.05) is 11.9 Å². The number of rotatable bonds is 7. The van der Waals surface area contributed by atoms with Crippen LogP contribution in [0.3, 0.4) is 0 Å². The van der Waals surface area contributed by atoms with Crippen molar-refractivity contribution in [1.29, 1.82) is 0 Å². The van der Waals surface area contributed by atoms with Crippen molar-refractivity contribution in [1.82, 2.24) is 4.98 Å². The molecule has 4 rings (SSSR count). The molecule has 0 radical (unpaired) electrons. The maximum absolute atomic E-state index is 12.3. The predicted octanol–water partition coefficient (Wildman–Crippen LogP) is 5.68. The number of benzene rings is 3. The average molecular weight is 372 g/mol. The third kappa shape index (κ3) is 3.86. The summed E-state index contributed by atoms with van der Waals surface area (Å²) in [6.45, 7) is 2.69. The number of para-hydroxylation sites is 2. The van der Waals surface area contributed by atoms with Gasteiger partial charge in [0.25, 0.3) is 0 Å². The number of aromatic amines is 1. The van der Waals surface area contributed by atoms with Crippen LogP contribution in [0.25, 0.3) is 21.8 Å². The Bertz CT molecular complexity index is 1100. The third-order valence-electron chi connectivity index (χ3n) is 4.94. The van der Waals surface area contributed by atoms with Crippen LogP contribution in [0, 0.1) is 0 Å². The average Bonchev–Trinajstić information content (AvgIpc) is 3.10. The molecule has 0 bridgehead atoms. The molecule has 0 unspecified atom stereocenters. The molecule has 0 saturated carbocycles. The van der Waals surface area contributed by atoms with E-state index in [0.29, 0.717) is 19.4 Å². The van der Waals surface area contributed by atoms with Gasteiger partial charge in [0.1, 0.15) is 5.75 Å². The molecule has 0 fully saturated rings. The molecule has 0 atom stereocenters. The van der Waals surface area contributed by atoms with Crippen LogP contribution in [-0.2, 0) is 11.2 Å². The van der Waals surface area contributed by atoms with Gasteiger partial charge in [-0.2, -0.15) is 0 Å². The number of nitrogens with one attached hydrogen (secondary N) is 2. The minimum atomic E-state index is 0.00127. The summed E-state index contributed by atoms with van der Waals surface area (Å²) in [5, 5.41) is 5.40. The summed E-state index contributed by atoms with van der Waals surface area (Å²) in [5.74, 6) is 0.833. The van der Waals surface area contributed by atoms with E-state index in [9.17, 15) is 4.79 Å². The Kier molecular flexibility index (Phi) is 5.29. The Balaban J connectivity index is 1.39. The van der Waals surface area contributed by atoms with Crippen molar-refractivity contribution in [3.8, 4) is 5.75 Å². The Morgan fingerprint density at radius 1 is 1.00 bits per heavy atom. The van der Waals surface area contributed by atoms with Crippen molar-refractivity contribution in [2.45, 2.75) is 26.2 Å². The highest BCUT2D eigenvalue weighted by atomic mass is 16.5. The smallest absolute Gasteiger partial charge is 0.224 e. The minimum Gasteiger partial charge on any atom is -0.494 e. The van der Waals surface area contributed by atoms with Crippen molar-refractivity contribution in [3.05, 3.63) is 72.3 Å². The zero-order valence-corrected chi connectivity index (χ0v) is 16.0. The Hall–Kier alpha value is -3.27. The number of hydrogen-bond acceptors (Lipinski definition) is 2. The first kappa shape index (κ1) is 18.1. The number of ether oxygens (including phenoxy) is 1. The van der Waals surface area contributed by atoms with Gasteiger partial charge in [-0.05, 0) is 42.7 Å². The Morgan fingerprint density at radius 2 is 1.86 bits per heavy atom. The number of carbonyl (C=O) groups is 1. The van der Waals surface area contributed by atoms with Crippen LogP contribution in [0.1, 0.15) is 25.3 Å². The zero-order valence-electron chi connectivity index (χ0n) is 16.0. The van der Waals surface area contributed by atoms with Gasteiger partial charge in [-0.3, -0.25) is 4.79 Å². The minimum absolute atomic E-state index is 0.00127. The second-order valence-corrected chi connectivity index (χ2v) is 6.89. The van der Waals surface area contributed by atoms with E-state index in [0.717, 1.165) is 23.4 Å². The molecule has 4 heteroatoms. The second kappa shape index (κ2) is 8.17. The van der Waals surface area contributed by atoms with E-state index in [1.807, 2.05) is 42.5 Å². The predicted molar refractivity (Wildman–Crippen MR) is 115 cm³/mol. The lowest BCUT2D eigenvalue weighted by molar-refractivity contribution is -0.116. The van der Waals surface area contributed by atoms with E-state index in [1.54, 1.807) is 0 Å². The van der Waals surface area contributed by atoms with Gasteiger partial charge >= 0.3 is 0 Å². The lowest BCUT2D eigenvalue weighted by Gasteiger charge is -2.07. The highest BCUT2D eigenvalue weighted by Crippen LogP contribution is 2.29. The molecule has 1 amide bonds. The third-order valence-corrected chi connectivity index (χ3v) is 4.94. The number of fused-ring (bicyclic) bond motifs is 3. The summed E-state index contributed by atoms with van der Waals surface area (Å²) >= 11 is 0. The largest absolute Gasteiger partial charge is 0.494 e. The highest BCUT2D eigenvalue weighted by molar-refractivity contribution is 6.09. The molecular weight excluding hydrogens is 348 g/mol. The fourth-order valence-electron chi connectivity index (χ4n) is 3.52. The molecular formula is C24H24N2O2. The highest BCUT2D eigenvalue weighted by Gasteiger charge is 2.09. The lowest BCUT2D eigenvalue weighted by Crippen LogP contribution is -2.12. The molecule has 0 aliphatic heterocycles. The number of H-pyrrole nitrogens is 1. The summed E-state index contributed by atoms with van der Waals surface area (Å²) in [7, 11) is 0. The SMILES string of the molecule is CCc1cccc2c1[nH]c1cc(NC(=O)CCCOc3ccccc3)ccc12. The van der Waals surface area contributed by atoms with E-state index < -0.39 is 0 Å². The van der Waals surface area contributed by atoms with Gasteiger partial charge in [0.2, 0.25) is 5.91 Å². The summed E-state index contributed by atoms with van der Waals surface area (Å²) in [5.41, 5.74) is 4.34.